The van der Waals surface area contributed by atoms with Gasteiger partial charge in [-0.3, -0.25) is 0 Å². The van der Waals surface area contributed by atoms with Gasteiger partial charge in [0.25, 0.3) is 0 Å². The maximum Gasteiger partial charge on any atom is 0.417 e. The van der Waals surface area contributed by atoms with E-state index in [-0.39, 0.29) is 13.2 Å². The Hall–Kier alpha value is -1.97. The van der Waals surface area contributed by atoms with Gasteiger partial charge in [-0.15, -0.1) is 0 Å². The van der Waals surface area contributed by atoms with E-state index in [0.29, 0.717) is 17.6 Å². The van der Waals surface area contributed by atoms with Crippen molar-refractivity contribution in [2.75, 3.05) is 20.3 Å². The molecule has 0 amide bonds. The topological polar surface area (TPSA) is 64.6 Å². The van der Waals surface area contributed by atoms with Crippen molar-refractivity contribution in [2.45, 2.75) is 11.1 Å². The van der Waals surface area contributed by atoms with Crippen molar-refractivity contribution < 1.29 is 31.1 Å². The van der Waals surface area contributed by atoms with Crippen LogP contribution in [0.2, 0.25) is 5.02 Å². The lowest BCUT2D eigenvalue weighted by molar-refractivity contribution is -0.137. The molecule has 0 aliphatic rings. The molecular weight excluding hydrogens is 395 g/mol. The van der Waals surface area contributed by atoms with Gasteiger partial charge in [0.2, 0.25) is 10.0 Å². The predicted octanol–water partition coefficient (Wildman–Crippen LogP) is 3.72. The van der Waals surface area contributed by atoms with Gasteiger partial charge in [-0.1, -0.05) is 23.7 Å². The summed E-state index contributed by atoms with van der Waals surface area (Å²) in [6.07, 6.45) is -4.75. The summed E-state index contributed by atoms with van der Waals surface area (Å²) < 4.78 is 75.5. The molecule has 0 unspecified atom stereocenters. The maximum atomic E-state index is 12.9. The van der Waals surface area contributed by atoms with E-state index in [4.69, 9.17) is 21.1 Å². The zero-order valence-electron chi connectivity index (χ0n) is 13.5. The number of methoxy groups -OCH3 is 1. The summed E-state index contributed by atoms with van der Waals surface area (Å²) in [5, 5.41) is -0.573. The fourth-order valence-corrected chi connectivity index (χ4v) is 3.31. The number of nitrogens with one attached hydrogen (secondary N) is 1. The fraction of sp³-hybridized carbons (Fsp3) is 0.250. The second kappa shape index (κ2) is 8.15. The van der Waals surface area contributed by atoms with E-state index in [1.165, 1.54) is 7.11 Å². The number of hydrogen-bond donors (Lipinski definition) is 1. The van der Waals surface area contributed by atoms with Gasteiger partial charge in [0.05, 0.1) is 22.6 Å². The number of rotatable bonds is 7. The highest BCUT2D eigenvalue weighted by Gasteiger charge is 2.34. The van der Waals surface area contributed by atoms with Crippen molar-refractivity contribution in [3.05, 3.63) is 53.1 Å². The van der Waals surface area contributed by atoms with Gasteiger partial charge in [0.15, 0.2) is 11.5 Å². The van der Waals surface area contributed by atoms with Crippen molar-refractivity contribution in [2.24, 2.45) is 0 Å². The molecule has 0 aromatic heterocycles. The first-order valence-electron chi connectivity index (χ1n) is 7.27. The summed E-state index contributed by atoms with van der Waals surface area (Å²) in [6.45, 7) is -0.191. The number of benzene rings is 2. The zero-order valence-corrected chi connectivity index (χ0v) is 15.1. The van der Waals surface area contributed by atoms with Crippen LogP contribution in [-0.2, 0) is 16.2 Å². The summed E-state index contributed by atoms with van der Waals surface area (Å²) in [5.41, 5.74) is -1.22. The third kappa shape index (κ3) is 5.03. The van der Waals surface area contributed by atoms with Crippen molar-refractivity contribution in [1.82, 2.24) is 4.72 Å². The van der Waals surface area contributed by atoms with Crippen LogP contribution in [0.5, 0.6) is 11.5 Å². The lowest BCUT2D eigenvalue weighted by Gasteiger charge is -2.13. The van der Waals surface area contributed by atoms with E-state index in [1.54, 1.807) is 24.3 Å². The van der Waals surface area contributed by atoms with E-state index in [0.717, 1.165) is 12.1 Å². The van der Waals surface area contributed by atoms with Gasteiger partial charge in [-0.05, 0) is 30.3 Å². The Labute approximate surface area is 153 Å². The van der Waals surface area contributed by atoms with Crippen LogP contribution in [-0.4, -0.2) is 28.7 Å². The molecule has 0 radical (unpaired) electrons. The van der Waals surface area contributed by atoms with Gasteiger partial charge in [0.1, 0.15) is 6.61 Å². The maximum absolute atomic E-state index is 12.9. The first kappa shape index (κ1) is 20.3. The Balaban J connectivity index is 2.03. The average molecular weight is 410 g/mol. The number of sulfonamides is 1. The minimum Gasteiger partial charge on any atom is -0.493 e. The lowest BCUT2D eigenvalue weighted by atomic mass is 10.2. The van der Waals surface area contributed by atoms with E-state index >= 15 is 0 Å². The summed E-state index contributed by atoms with van der Waals surface area (Å²) >= 11 is 5.49. The summed E-state index contributed by atoms with van der Waals surface area (Å²) in [7, 11) is -2.69. The van der Waals surface area contributed by atoms with Gasteiger partial charge in [-0.2, -0.15) is 13.2 Å². The minimum absolute atomic E-state index is 0.0423. The molecule has 142 valence electrons. The molecule has 2 rings (SSSR count). The molecule has 5 nitrogen and oxygen atoms in total. The quantitative estimate of drug-likeness (QED) is 0.708. The fourth-order valence-electron chi connectivity index (χ4n) is 2.05. The lowest BCUT2D eigenvalue weighted by Crippen LogP contribution is -2.28. The van der Waals surface area contributed by atoms with Crippen LogP contribution in [0.3, 0.4) is 0 Å². The van der Waals surface area contributed by atoms with Gasteiger partial charge >= 0.3 is 6.18 Å². The summed E-state index contributed by atoms with van der Waals surface area (Å²) in [4.78, 5) is -0.536. The zero-order chi connectivity index (χ0) is 19.4. The molecule has 0 atom stereocenters. The SMILES string of the molecule is COc1ccccc1OCCNS(=O)(=O)c1ccc(Cl)c(C(F)(F)F)c1. The standard InChI is InChI=1S/C16H15ClF3NO4S/c1-24-14-4-2-3-5-15(14)25-9-8-21-26(22,23)11-6-7-13(17)12(10-11)16(18,19)20/h2-7,10,21H,8-9H2,1H3. The normalized spacial score (nSPS) is 12.0. The van der Waals surface area contributed by atoms with Crippen molar-refractivity contribution in [3.63, 3.8) is 0 Å². The number of halogens is 4. The molecule has 2 aromatic rings. The van der Waals surface area contributed by atoms with Gasteiger partial charge < -0.3 is 9.47 Å². The molecule has 0 aliphatic carbocycles. The van der Waals surface area contributed by atoms with E-state index in [2.05, 4.69) is 4.72 Å². The largest absolute Gasteiger partial charge is 0.493 e. The Morgan fingerprint density at radius 2 is 1.77 bits per heavy atom. The van der Waals surface area contributed by atoms with Crippen molar-refractivity contribution in [1.29, 1.82) is 0 Å². The molecule has 0 heterocycles. The van der Waals surface area contributed by atoms with E-state index in [9.17, 15) is 21.6 Å². The van der Waals surface area contributed by atoms with Crippen LogP contribution in [0.4, 0.5) is 13.2 Å². The number of ether oxygens (including phenoxy) is 2. The predicted molar refractivity (Wildman–Crippen MR) is 90.1 cm³/mol. The second-order valence-electron chi connectivity index (χ2n) is 5.04. The van der Waals surface area contributed by atoms with E-state index in [1.807, 2.05) is 0 Å². The number of alkyl halides is 3. The highest BCUT2D eigenvalue weighted by Crippen LogP contribution is 2.35. The number of para-hydroxylation sites is 2. The summed E-state index contributed by atoms with van der Waals surface area (Å²) in [5.74, 6) is 0.892. The third-order valence-corrected chi connectivity index (χ3v) is 5.06. The Morgan fingerprint density at radius 1 is 1.12 bits per heavy atom. The minimum atomic E-state index is -4.75. The molecule has 10 heteroatoms. The van der Waals surface area contributed by atoms with Crippen LogP contribution < -0.4 is 14.2 Å². The van der Waals surface area contributed by atoms with Crippen LogP contribution >= 0.6 is 11.6 Å². The molecule has 0 bridgehead atoms. The van der Waals surface area contributed by atoms with Crippen LogP contribution in [0.25, 0.3) is 0 Å². The van der Waals surface area contributed by atoms with Gasteiger partial charge in [-0.25, -0.2) is 13.1 Å². The van der Waals surface area contributed by atoms with Crippen LogP contribution in [0.1, 0.15) is 5.56 Å². The molecule has 0 spiro atoms. The Kier molecular flexibility index (Phi) is 6.38. The molecule has 0 aliphatic heterocycles. The first-order valence-corrected chi connectivity index (χ1v) is 9.13. The molecule has 0 saturated carbocycles. The Morgan fingerprint density at radius 3 is 2.38 bits per heavy atom. The van der Waals surface area contributed by atoms with Crippen molar-refractivity contribution >= 4 is 21.6 Å². The third-order valence-electron chi connectivity index (χ3n) is 3.27. The number of hydrogen-bond acceptors (Lipinski definition) is 4. The Bertz CT molecular complexity index is 872. The first-order chi connectivity index (χ1) is 12.1. The molecule has 0 fully saturated rings. The summed E-state index contributed by atoms with van der Waals surface area (Å²) in [6, 6.07) is 9.16. The van der Waals surface area contributed by atoms with Crippen LogP contribution in [0.15, 0.2) is 47.4 Å². The van der Waals surface area contributed by atoms with Crippen molar-refractivity contribution in [3.8, 4) is 11.5 Å². The second-order valence-corrected chi connectivity index (χ2v) is 7.21. The molecule has 2 aromatic carbocycles. The molecule has 0 saturated heterocycles. The highest BCUT2D eigenvalue weighted by molar-refractivity contribution is 7.89. The van der Waals surface area contributed by atoms with E-state index < -0.39 is 31.7 Å². The van der Waals surface area contributed by atoms with Gasteiger partial charge in [0, 0.05) is 6.54 Å². The molecule has 1 N–H and O–H groups in total. The monoisotopic (exact) mass is 409 g/mol. The molecular formula is C16H15ClF3NO4S. The smallest absolute Gasteiger partial charge is 0.417 e. The van der Waals surface area contributed by atoms with Crippen LogP contribution in [0, 0.1) is 0 Å². The average Bonchev–Trinajstić information content (AvgIpc) is 2.58. The molecule has 26 heavy (non-hydrogen) atoms. The highest BCUT2D eigenvalue weighted by atomic mass is 35.5.